The minimum Gasteiger partial charge on any atom is -0.465 e. The van der Waals surface area contributed by atoms with Crippen LogP contribution in [0.4, 0.5) is 5.13 Å². The van der Waals surface area contributed by atoms with E-state index in [0.29, 0.717) is 17.1 Å². The molecule has 1 aromatic heterocycles. The van der Waals surface area contributed by atoms with Crippen LogP contribution in [-0.2, 0) is 4.74 Å². The van der Waals surface area contributed by atoms with Gasteiger partial charge in [0.2, 0.25) is 0 Å². The van der Waals surface area contributed by atoms with Crippen molar-refractivity contribution < 1.29 is 9.53 Å². The highest BCUT2D eigenvalue weighted by molar-refractivity contribution is 7.17. The van der Waals surface area contributed by atoms with E-state index >= 15 is 0 Å². The predicted molar refractivity (Wildman–Crippen MR) is 70.9 cm³/mol. The topological polar surface area (TPSA) is 66.2 Å². The van der Waals surface area contributed by atoms with Crippen molar-refractivity contribution in [2.75, 3.05) is 25.1 Å². The molecule has 0 saturated carbocycles. The zero-order valence-electron chi connectivity index (χ0n) is 11.1. The first kappa shape index (κ1) is 14.5. The van der Waals surface area contributed by atoms with E-state index < -0.39 is 0 Å². The first-order valence-corrected chi connectivity index (χ1v) is 6.55. The van der Waals surface area contributed by atoms with Gasteiger partial charge in [0.15, 0.2) is 5.13 Å². The Morgan fingerprint density at radius 1 is 1.67 bits per heavy atom. The second-order valence-electron chi connectivity index (χ2n) is 3.97. The number of nitriles is 1. The van der Waals surface area contributed by atoms with Gasteiger partial charge in [-0.1, -0.05) is 11.3 Å². The van der Waals surface area contributed by atoms with Crippen molar-refractivity contribution in [2.45, 2.75) is 20.8 Å². The van der Waals surface area contributed by atoms with Gasteiger partial charge in [0.05, 0.1) is 24.8 Å². The van der Waals surface area contributed by atoms with E-state index in [-0.39, 0.29) is 11.9 Å². The van der Waals surface area contributed by atoms with Crippen molar-refractivity contribution in [3.8, 4) is 6.07 Å². The number of ether oxygens (including phenoxy) is 1. The number of nitrogens with zero attached hydrogens (tertiary/aromatic N) is 3. The molecule has 0 radical (unpaired) electrons. The average Bonchev–Trinajstić information content (AvgIpc) is 2.76. The first-order chi connectivity index (χ1) is 8.53. The lowest BCUT2D eigenvalue weighted by Crippen LogP contribution is -2.27. The van der Waals surface area contributed by atoms with Crippen molar-refractivity contribution in [3.05, 3.63) is 10.6 Å². The zero-order chi connectivity index (χ0) is 13.7. The molecule has 0 aliphatic rings. The number of rotatable bonds is 5. The third-order valence-electron chi connectivity index (χ3n) is 2.52. The molecule has 0 spiro atoms. The summed E-state index contributed by atoms with van der Waals surface area (Å²) in [6, 6.07) is 2.20. The van der Waals surface area contributed by atoms with Crippen LogP contribution in [0.25, 0.3) is 0 Å². The Labute approximate surface area is 111 Å². The molecule has 6 heteroatoms. The highest BCUT2D eigenvalue weighted by Crippen LogP contribution is 2.27. The number of methoxy groups -OCH3 is 1. The molecule has 0 aromatic carbocycles. The molecule has 18 heavy (non-hydrogen) atoms. The Hall–Kier alpha value is -1.61. The Balaban J connectivity index is 2.95. The molecular formula is C12H17N3O2S. The molecule has 5 nitrogen and oxygen atoms in total. The van der Waals surface area contributed by atoms with Gasteiger partial charge in [-0.25, -0.2) is 9.78 Å². The fourth-order valence-electron chi connectivity index (χ4n) is 1.51. The van der Waals surface area contributed by atoms with Crippen LogP contribution in [0.15, 0.2) is 0 Å². The molecule has 0 saturated heterocycles. The van der Waals surface area contributed by atoms with Crippen LogP contribution < -0.4 is 4.90 Å². The molecule has 0 aliphatic carbocycles. The molecule has 1 atom stereocenters. The lowest BCUT2D eigenvalue weighted by atomic mass is 10.2. The largest absolute Gasteiger partial charge is 0.465 e. The normalized spacial score (nSPS) is 11.7. The summed E-state index contributed by atoms with van der Waals surface area (Å²) in [4.78, 5) is 18.4. The van der Waals surface area contributed by atoms with Gasteiger partial charge in [0.25, 0.3) is 0 Å². The first-order valence-electron chi connectivity index (χ1n) is 5.73. The quantitative estimate of drug-likeness (QED) is 0.765. The highest BCUT2D eigenvalue weighted by atomic mass is 32.1. The number of esters is 1. The van der Waals surface area contributed by atoms with Gasteiger partial charge in [-0.2, -0.15) is 5.26 Å². The van der Waals surface area contributed by atoms with E-state index in [4.69, 9.17) is 10.00 Å². The molecule has 1 unspecified atom stereocenters. The Morgan fingerprint density at radius 2 is 2.33 bits per heavy atom. The van der Waals surface area contributed by atoms with Gasteiger partial charge in [-0.05, 0) is 20.8 Å². The summed E-state index contributed by atoms with van der Waals surface area (Å²) in [6.45, 7) is 7.01. The molecule has 0 bridgehead atoms. The molecule has 98 valence electrons. The summed E-state index contributed by atoms with van der Waals surface area (Å²) in [6.07, 6.45) is 0. The molecule has 0 amide bonds. The number of carbonyl (C=O) groups is 1. The molecule has 0 aliphatic heterocycles. The van der Waals surface area contributed by atoms with Gasteiger partial charge < -0.3 is 9.64 Å². The Kier molecular flexibility index (Phi) is 5.10. The predicted octanol–water partition coefficient (Wildman–Crippen LogP) is 2.22. The summed E-state index contributed by atoms with van der Waals surface area (Å²) in [5.41, 5.74) is 0.671. The molecule has 1 rings (SSSR count). The van der Waals surface area contributed by atoms with Crippen LogP contribution >= 0.6 is 11.3 Å². The van der Waals surface area contributed by atoms with Crippen LogP contribution in [0.5, 0.6) is 0 Å². The SMILES string of the molecule is CCN(CC(C)C#N)c1nc(C)c(C(=O)OC)s1. The maximum atomic E-state index is 11.5. The van der Waals surface area contributed by atoms with Crippen molar-refractivity contribution in [1.82, 2.24) is 4.98 Å². The van der Waals surface area contributed by atoms with Crippen LogP contribution in [-0.4, -0.2) is 31.2 Å². The number of anilines is 1. The van der Waals surface area contributed by atoms with Crippen LogP contribution in [0.1, 0.15) is 29.2 Å². The lowest BCUT2D eigenvalue weighted by molar-refractivity contribution is 0.0605. The van der Waals surface area contributed by atoms with E-state index in [1.807, 2.05) is 18.7 Å². The number of hydrogen-bond donors (Lipinski definition) is 0. The summed E-state index contributed by atoms with van der Waals surface area (Å²) in [7, 11) is 1.36. The molecule has 0 fully saturated rings. The van der Waals surface area contributed by atoms with E-state index in [9.17, 15) is 4.79 Å². The third-order valence-corrected chi connectivity index (χ3v) is 3.72. The number of aromatic nitrogens is 1. The fraction of sp³-hybridized carbons (Fsp3) is 0.583. The van der Waals surface area contributed by atoms with Crippen molar-refractivity contribution in [1.29, 1.82) is 5.26 Å². The Morgan fingerprint density at radius 3 is 2.83 bits per heavy atom. The van der Waals surface area contributed by atoms with E-state index in [1.165, 1.54) is 18.4 Å². The minimum absolute atomic E-state index is 0.0734. The van der Waals surface area contributed by atoms with Crippen LogP contribution in [0, 0.1) is 24.2 Å². The standard InChI is InChI=1S/C12H17N3O2S/c1-5-15(7-8(2)6-13)12-14-9(3)10(18-12)11(16)17-4/h8H,5,7H2,1-4H3. The highest BCUT2D eigenvalue weighted by Gasteiger charge is 2.19. The maximum absolute atomic E-state index is 11.5. The third kappa shape index (κ3) is 3.20. The smallest absolute Gasteiger partial charge is 0.350 e. The van der Waals surface area contributed by atoms with Gasteiger partial charge >= 0.3 is 5.97 Å². The second kappa shape index (κ2) is 6.36. The van der Waals surface area contributed by atoms with E-state index in [0.717, 1.165) is 11.7 Å². The van der Waals surface area contributed by atoms with E-state index in [1.54, 1.807) is 6.92 Å². The van der Waals surface area contributed by atoms with Crippen LogP contribution in [0.2, 0.25) is 0 Å². The van der Waals surface area contributed by atoms with Gasteiger partial charge in [0.1, 0.15) is 4.88 Å². The summed E-state index contributed by atoms with van der Waals surface area (Å²) in [5.74, 6) is -0.434. The fourth-order valence-corrected chi connectivity index (χ4v) is 2.57. The number of aryl methyl sites for hydroxylation is 1. The Bertz CT molecular complexity index is 464. The minimum atomic E-state index is -0.361. The number of thiazole rings is 1. The van der Waals surface area contributed by atoms with Gasteiger partial charge in [0, 0.05) is 13.1 Å². The molecule has 1 heterocycles. The lowest BCUT2D eigenvalue weighted by Gasteiger charge is -2.20. The number of hydrogen-bond acceptors (Lipinski definition) is 6. The van der Waals surface area contributed by atoms with Gasteiger partial charge in [-0.15, -0.1) is 0 Å². The molecular weight excluding hydrogens is 250 g/mol. The number of carbonyl (C=O) groups excluding carboxylic acids is 1. The van der Waals surface area contributed by atoms with Crippen molar-refractivity contribution in [2.24, 2.45) is 5.92 Å². The monoisotopic (exact) mass is 267 g/mol. The molecule has 0 N–H and O–H groups in total. The molecule has 1 aromatic rings. The second-order valence-corrected chi connectivity index (χ2v) is 4.95. The maximum Gasteiger partial charge on any atom is 0.350 e. The van der Waals surface area contributed by atoms with Crippen molar-refractivity contribution in [3.63, 3.8) is 0 Å². The summed E-state index contributed by atoms with van der Waals surface area (Å²) >= 11 is 1.31. The summed E-state index contributed by atoms with van der Waals surface area (Å²) in [5, 5.41) is 9.61. The van der Waals surface area contributed by atoms with E-state index in [2.05, 4.69) is 11.1 Å². The van der Waals surface area contributed by atoms with Gasteiger partial charge in [-0.3, -0.25) is 0 Å². The van der Waals surface area contributed by atoms with Crippen molar-refractivity contribution >= 4 is 22.4 Å². The zero-order valence-corrected chi connectivity index (χ0v) is 11.9. The summed E-state index contributed by atoms with van der Waals surface area (Å²) < 4.78 is 4.71. The van der Waals surface area contributed by atoms with Crippen LogP contribution in [0.3, 0.4) is 0 Å². The average molecular weight is 267 g/mol.